The fraction of sp³-hybridized carbons (Fsp3) is 0.458. The average Bonchev–Trinajstić information content (AvgIpc) is 2.90. The van der Waals surface area contributed by atoms with Gasteiger partial charge in [0.2, 0.25) is 0 Å². The zero-order valence-electron chi connectivity index (χ0n) is 17.5. The Kier molecular flexibility index (Phi) is 7.39. The molecular weight excluding hydrogens is 435 g/mol. The number of piperidine rings is 1. The molecule has 2 heterocycles. The Labute approximate surface area is 193 Å². The molecule has 0 aliphatic carbocycles. The van der Waals surface area contributed by atoms with Crippen molar-refractivity contribution in [2.45, 2.75) is 25.7 Å². The molecule has 4 rings (SSSR count). The van der Waals surface area contributed by atoms with Gasteiger partial charge in [0.25, 0.3) is 0 Å². The van der Waals surface area contributed by atoms with E-state index in [-0.39, 0.29) is 5.92 Å². The third kappa shape index (κ3) is 5.53. The first-order chi connectivity index (χ1) is 15.0. The number of ether oxygens (including phenoxy) is 1. The van der Waals surface area contributed by atoms with Crippen molar-refractivity contribution >= 4 is 40.5 Å². The van der Waals surface area contributed by atoms with Crippen LogP contribution in [0.1, 0.15) is 24.0 Å². The molecule has 0 unspecified atom stereocenters. The van der Waals surface area contributed by atoms with E-state index in [1.54, 1.807) is 0 Å². The van der Waals surface area contributed by atoms with Gasteiger partial charge in [-0.25, -0.2) is 0 Å². The molecule has 0 aromatic heterocycles. The van der Waals surface area contributed by atoms with E-state index >= 15 is 0 Å². The van der Waals surface area contributed by atoms with Crippen molar-refractivity contribution in [3.05, 3.63) is 57.6 Å². The number of nitrogens with zero attached hydrogens (tertiary/aromatic N) is 2. The second kappa shape index (κ2) is 10.2. The van der Waals surface area contributed by atoms with E-state index in [1.807, 2.05) is 24.3 Å². The first kappa shape index (κ1) is 22.4. The Morgan fingerprint density at radius 3 is 2.23 bits per heavy atom. The van der Waals surface area contributed by atoms with Gasteiger partial charge in [-0.15, -0.1) is 0 Å². The Balaban J connectivity index is 1.39. The maximum Gasteiger partial charge on any atom is 0.307 e. The molecule has 1 saturated heterocycles. The van der Waals surface area contributed by atoms with Crippen LogP contribution in [0.15, 0.2) is 36.4 Å². The van der Waals surface area contributed by atoms with Crippen molar-refractivity contribution in [2.24, 2.45) is 5.92 Å². The molecule has 5 nitrogen and oxygen atoms in total. The van der Waals surface area contributed by atoms with E-state index in [0.717, 1.165) is 50.1 Å². The number of rotatable bonds is 7. The summed E-state index contributed by atoms with van der Waals surface area (Å²) in [6.45, 7) is 4.16. The highest BCUT2D eigenvalue weighted by Gasteiger charge is 2.25. The number of aliphatic carboxylic acids is 1. The van der Waals surface area contributed by atoms with Crippen LogP contribution in [-0.2, 0) is 22.4 Å². The molecule has 2 aromatic rings. The molecule has 31 heavy (non-hydrogen) atoms. The molecule has 166 valence electrons. The maximum atomic E-state index is 11.2. The fourth-order valence-corrected chi connectivity index (χ4v) is 4.88. The van der Waals surface area contributed by atoms with Crippen LogP contribution < -0.4 is 4.90 Å². The zero-order valence-corrected chi connectivity index (χ0v) is 19.0. The van der Waals surface area contributed by atoms with Gasteiger partial charge in [-0.3, -0.25) is 4.79 Å². The van der Waals surface area contributed by atoms with E-state index in [1.165, 1.54) is 11.1 Å². The minimum atomic E-state index is -0.693. The lowest BCUT2D eigenvalue weighted by Crippen LogP contribution is -2.40. The molecular formula is C24H28Cl2N2O3. The number of hydrogen-bond acceptors (Lipinski definition) is 4. The number of likely N-dealkylation sites (tertiary alicyclic amines) is 1. The van der Waals surface area contributed by atoms with Gasteiger partial charge in [0, 0.05) is 41.1 Å². The van der Waals surface area contributed by atoms with Crippen LogP contribution in [0.3, 0.4) is 0 Å². The van der Waals surface area contributed by atoms with E-state index in [4.69, 9.17) is 27.9 Å². The molecule has 1 fully saturated rings. The first-order valence-electron chi connectivity index (χ1n) is 10.9. The Hall–Kier alpha value is -1.79. The molecule has 7 heteroatoms. The Bertz CT molecular complexity index is 884. The van der Waals surface area contributed by atoms with Gasteiger partial charge in [-0.2, -0.15) is 0 Å². The smallest absolute Gasteiger partial charge is 0.307 e. The van der Waals surface area contributed by atoms with Gasteiger partial charge in [-0.1, -0.05) is 35.3 Å². The molecule has 1 atom stereocenters. The summed E-state index contributed by atoms with van der Waals surface area (Å²) in [6, 6.07) is 12.1. The van der Waals surface area contributed by atoms with Gasteiger partial charge in [0.05, 0.1) is 19.1 Å². The van der Waals surface area contributed by atoms with Gasteiger partial charge >= 0.3 is 5.97 Å². The van der Waals surface area contributed by atoms with Crippen molar-refractivity contribution in [2.75, 3.05) is 44.3 Å². The summed E-state index contributed by atoms with van der Waals surface area (Å²) in [6.07, 6.45) is 3.61. The number of hydrogen-bond donors (Lipinski definition) is 1. The fourth-order valence-electron chi connectivity index (χ4n) is 4.55. The second-order valence-corrected chi connectivity index (χ2v) is 9.16. The third-order valence-corrected chi connectivity index (χ3v) is 6.68. The monoisotopic (exact) mass is 462 g/mol. The number of anilines is 2. The maximum absolute atomic E-state index is 11.2. The van der Waals surface area contributed by atoms with Crippen molar-refractivity contribution in [1.82, 2.24) is 4.90 Å². The number of fused-ring (bicyclic) bond motifs is 2. The van der Waals surface area contributed by atoms with Crippen molar-refractivity contribution in [3.63, 3.8) is 0 Å². The number of benzene rings is 2. The van der Waals surface area contributed by atoms with E-state index in [0.29, 0.717) is 36.3 Å². The minimum Gasteiger partial charge on any atom is -0.481 e. The van der Waals surface area contributed by atoms with Crippen LogP contribution in [0.25, 0.3) is 0 Å². The SMILES string of the molecule is O=C(O)[C@@H]1CCCN(CCOCCN2c3cc(Cl)ccc3CCc3ccc(Cl)cc32)C1. The number of aryl methyl sites for hydroxylation is 2. The van der Waals surface area contributed by atoms with Gasteiger partial charge < -0.3 is 19.6 Å². The van der Waals surface area contributed by atoms with Gasteiger partial charge in [0.15, 0.2) is 0 Å². The highest BCUT2D eigenvalue weighted by molar-refractivity contribution is 6.31. The summed E-state index contributed by atoms with van der Waals surface area (Å²) < 4.78 is 5.97. The number of carbonyl (C=O) groups is 1. The van der Waals surface area contributed by atoms with Crippen LogP contribution in [0.5, 0.6) is 0 Å². The van der Waals surface area contributed by atoms with E-state index in [2.05, 4.69) is 21.9 Å². The predicted octanol–water partition coefficient (Wildman–Crippen LogP) is 5.04. The summed E-state index contributed by atoms with van der Waals surface area (Å²) in [5.41, 5.74) is 4.75. The van der Waals surface area contributed by atoms with Crippen LogP contribution in [0.2, 0.25) is 10.0 Å². The largest absolute Gasteiger partial charge is 0.481 e. The third-order valence-electron chi connectivity index (χ3n) is 6.21. The van der Waals surface area contributed by atoms with Gasteiger partial charge in [0.1, 0.15) is 0 Å². The zero-order chi connectivity index (χ0) is 21.8. The topological polar surface area (TPSA) is 53.0 Å². The Morgan fingerprint density at radius 2 is 1.61 bits per heavy atom. The van der Waals surface area contributed by atoms with Crippen LogP contribution in [0.4, 0.5) is 11.4 Å². The predicted molar refractivity (Wildman–Crippen MR) is 125 cm³/mol. The summed E-state index contributed by atoms with van der Waals surface area (Å²) in [5.74, 6) is -0.949. The molecule has 2 aliphatic heterocycles. The minimum absolute atomic E-state index is 0.256. The lowest BCUT2D eigenvalue weighted by Gasteiger charge is -2.30. The molecule has 0 radical (unpaired) electrons. The average molecular weight is 463 g/mol. The molecule has 2 aromatic carbocycles. The molecule has 2 aliphatic rings. The number of carboxylic acid groups (broad SMARTS) is 1. The summed E-state index contributed by atoms with van der Waals surface area (Å²) in [4.78, 5) is 15.7. The van der Waals surface area contributed by atoms with Crippen LogP contribution in [0, 0.1) is 5.92 Å². The highest BCUT2D eigenvalue weighted by Crippen LogP contribution is 2.38. The second-order valence-electron chi connectivity index (χ2n) is 8.29. The summed E-state index contributed by atoms with van der Waals surface area (Å²) in [5, 5.41) is 10.7. The van der Waals surface area contributed by atoms with E-state index in [9.17, 15) is 9.90 Å². The molecule has 0 spiro atoms. The number of carboxylic acids is 1. The lowest BCUT2D eigenvalue weighted by atomic mass is 9.98. The standard InChI is InChI=1S/C24H28Cl2N2O3/c25-20-7-5-17-3-4-18-6-8-21(26)15-23(18)28(22(17)14-20)11-13-31-12-10-27-9-1-2-19(16-27)24(29)30/h5-8,14-15,19H,1-4,9-13,16H2,(H,29,30)/t19-/m1/s1. The lowest BCUT2D eigenvalue weighted by molar-refractivity contribution is -0.143. The molecule has 0 amide bonds. The quantitative estimate of drug-likeness (QED) is 0.583. The highest BCUT2D eigenvalue weighted by atomic mass is 35.5. The molecule has 0 saturated carbocycles. The van der Waals surface area contributed by atoms with Crippen molar-refractivity contribution < 1.29 is 14.6 Å². The Morgan fingerprint density at radius 1 is 1.00 bits per heavy atom. The van der Waals surface area contributed by atoms with Crippen molar-refractivity contribution in [1.29, 1.82) is 0 Å². The van der Waals surface area contributed by atoms with E-state index < -0.39 is 5.97 Å². The van der Waals surface area contributed by atoms with Crippen molar-refractivity contribution in [3.8, 4) is 0 Å². The van der Waals surface area contributed by atoms with Gasteiger partial charge in [-0.05, 0) is 67.6 Å². The number of halogens is 2. The van der Waals surface area contributed by atoms with Crippen LogP contribution in [-0.4, -0.2) is 55.4 Å². The summed E-state index contributed by atoms with van der Waals surface area (Å²) in [7, 11) is 0. The normalized spacial score (nSPS) is 18.9. The summed E-state index contributed by atoms with van der Waals surface area (Å²) >= 11 is 12.7. The molecule has 1 N–H and O–H groups in total. The van der Waals surface area contributed by atoms with Crippen LogP contribution >= 0.6 is 23.2 Å². The first-order valence-corrected chi connectivity index (χ1v) is 11.6. The molecule has 0 bridgehead atoms.